The molecular weight excluding hydrogens is 272 g/mol. The van der Waals surface area contributed by atoms with E-state index >= 15 is 0 Å². The first-order chi connectivity index (χ1) is 9.69. The van der Waals surface area contributed by atoms with Crippen molar-refractivity contribution < 1.29 is 9.90 Å². The van der Waals surface area contributed by atoms with Crippen molar-refractivity contribution in [2.75, 3.05) is 33.3 Å². The molecule has 1 aromatic rings. The molecule has 1 aromatic heterocycles. The molecule has 1 aliphatic heterocycles. The van der Waals surface area contributed by atoms with Crippen molar-refractivity contribution in [1.82, 2.24) is 9.80 Å². The number of thiophene rings is 1. The van der Waals surface area contributed by atoms with Gasteiger partial charge in [0.15, 0.2) is 0 Å². The van der Waals surface area contributed by atoms with Gasteiger partial charge in [0.2, 0.25) is 5.91 Å². The maximum atomic E-state index is 12.2. The van der Waals surface area contributed by atoms with Crippen LogP contribution in [0.2, 0.25) is 0 Å². The van der Waals surface area contributed by atoms with Crippen LogP contribution in [0.5, 0.6) is 0 Å². The molecule has 1 unspecified atom stereocenters. The Bertz CT molecular complexity index is 406. The van der Waals surface area contributed by atoms with E-state index in [2.05, 4.69) is 16.3 Å². The fraction of sp³-hybridized carbons (Fsp3) is 0.667. The number of carbonyl (C=O) groups excluding carboxylic acids is 1. The fourth-order valence-electron chi connectivity index (χ4n) is 2.77. The number of likely N-dealkylation sites (tertiary alicyclic amines) is 1. The number of likely N-dealkylation sites (N-methyl/N-ethyl adjacent to an activating group) is 1. The molecule has 0 saturated carbocycles. The van der Waals surface area contributed by atoms with E-state index < -0.39 is 0 Å². The quantitative estimate of drug-likeness (QED) is 0.870. The number of hydrogen-bond donors (Lipinski definition) is 1. The summed E-state index contributed by atoms with van der Waals surface area (Å²) < 4.78 is 0. The van der Waals surface area contributed by atoms with E-state index in [1.165, 1.54) is 12.0 Å². The zero-order chi connectivity index (χ0) is 14.4. The molecule has 1 fully saturated rings. The maximum absolute atomic E-state index is 12.2. The topological polar surface area (TPSA) is 43.8 Å². The van der Waals surface area contributed by atoms with Crippen molar-refractivity contribution >= 4 is 17.2 Å². The van der Waals surface area contributed by atoms with Gasteiger partial charge in [0, 0.05) is 26.7 Å². The molecule has 1 atom stereocenters. The first kappa shape index (κ1) is 15.5. The molecule has 1 amide bonds. The highest BCUT2D eigenvalue weighted by molar-refractivity contribution is 7.07. The van der Waals surface area contributed by atoms with Crippen molar-refractivity contribution in [3.63, 3.8) is 0 Å². The molecule has 0 spiro atoms. The Hall–Kier alpha value is -0.910. The summed E-state index contributed by atoms with van der Waals surface area (Å²) in [7, 11) is 1.87. The van der Waals surface area contributed by atoms with E-state index in [1.807, 2.05) is 12.4 Å². The third-order valence-electron chi connectivity index (χ3n) is 3.92. The number of nitrogens with zero attached hydrogens (tertiary/aromatic N) is 2. The largest absolute Gasteiger partial charge is 0.396 e. The lowest BCUT2D eigenvalue weighted by Gasteiger charge is -2.33. The molecule has 0 aliphatic carbocycles. The van der Waals surface area contributed by atoms with Gasteiger partial charge in [-0.1, -0.05) is 0 Å². The van der Waals surface area contributed by atoms with E-state index in [4.69, 9.17) is 5.11 Å². The molecule has 20 heavy (non-hydrogen) atoms. The van der Waals surface area contributed by atoms with E-state index in [-0.39, 0.29) is 12.5 Å². The predicted octanol–water partition coefficient (Wildman–Crippen LogP) is 1.80. The van der Waals surface area contributed by atoms with Gasteiger partial charge in [0.1, 0.15) is 0 Å². The predicted molar refractivity (Wildman–Crippen MR) is 81.7 cm³/mol. The summed E-state index contributed by atoms with van der Waals surface area (Å²) in [5.41, 5.74) is 1.20. The van der Waals surface area contributed by atoms with Crippen molar-refractivity contribution in [3.8, 4) is 0 Å². The van der Waals surface area contributed by atoms with Gasteiger partial charge in [-0.2, -0.15) is 11.3 Å². The summed E-state index contributed by atoms with van der Waals surface area (Å²) in [6, 6.07) is 2.06. The highest BCUT2D eigenvalue weighted by atomic mass is 32.1. The minimum atomic E-state index is 0.181. The van der Waals surface area contributed by atoms with Crippen LogP contribution < -0.4 is 0 Å². The van der Waals surface area contributed by atoms with Crippen molar-refractivity contribution in [1.29, 1.82) is 0 Å². The van der Waals surface area contributed by atoms with Gasteiger partial charge in [-0.15, -0.1) is 0 Å². The van der Waals surface area contributed by atoms with Gasteiger partial charge in [-0.3, -0.25) is 9.69 Å². The average Bonchev–Trinajstić information content (AvgIpc) is 2.92. The summed E-state index contributed by atoms with van der Waals surface area (Å²) in [4.78, 5) is 16.3. The monoisotopic (exact) mass is 296 g/mol. The number of amides is 1. The van der Waals surface area contributed by atoms with Gasteiger partial charge >= 0.3 is 0 Å². The smallest absolute Gasteiger partial charge is 0.236 e. The SMILES string of the molecule is CN(Cc1ccsc1)C(=O)CN1CCCC(CCO)C1. The molecule has 1 N–H and O–H groups in total. The van der Waals surface area contributed by atoms with Gasteiger partial charge in [-0.25, -0.2) is 0 Å². The van der Waals surface area contributed by atoms with Crippen LogP contribution in [0.1, 0.15) is 24.8 Å². The maximum Gasteiger partial charge on any atom is 0.236 e. The summed E-state index contributed by atoms with van der Waals surface area (Å²) in [5.74, 6) is 0.726. The Labute approximate surface area is 125 Å². The molecular formula is C15H24N2O2S. The number of aliphatic hydroxyl groups is 1. The minimum Gasteiger partial charge on any atom is -0.396 e. The lowest BCUT2D eigenvalue weighted by Crippen LogP contribution is -2.43. The standard InChI is InChI=1S/C15H24N2O2S/c1-16(9-14-5-8-20-12-14)15(19)11-17-6-2-3-13(10-17)4-7-18/h5,8,12-13,18H,2-4,6-7,9-11H2,1H3. The zero-order valence-corrected chi connectivity index (χ0v) is 12.9. The third kappa shape index (κ3) is 4.58. The summed E-state index contributed by atoms with van der Waals surface area (Å²) in [5, 5.41) is 13.2. The van der Waals surface area contributed by atoms with Gasteiger partial charge in [0.05, 0.1) is 6.54 Å². The lowest BCUT2D eigenvalue weighted by molar-refractivity contribution is -0.132. The second-order valence-corrected chi connectivity index (χ2v) is 6.42. The van der Waals surface area contributed by atoms with Crippen LogP contribution in [0, 0.1) is 5.92 Å². The van der Waals surface area contributed by atoms with E-state index in [1.54, 1.807) is 16.2 Å². The number of carbonyl (C=O) groups is 1. The highest BCUT2D eigenvalue weighted by Crippen LogP contribution is 2.19. The molecule has 112 valence electrons. The van der Waals surface area contributed by atoms with Crippen LogP contribution in [0.25, 0.3) is 0 Å². The van der Waals surface area contributed by atoms with E-state index in [0.717, 1.165) is 25.9 Å². The fourth-order valence-corrected chi connectivity index (χ4v) is 3.43. The number of hydrogen-bond acceptors (Lipinski definition) is 4. The number of aliphatic hydroxyl groups excluding tert-OH is 1. The normalized spacial score (nSPS) is 20.0. The van der Waals surface area contributed by atoms with Crippen LogP contribution >= 0.6 is 11.3 Å². The molecule has 2 rings (SSSR count). The Morgan fingerprint density at radius 1 is 1.60 bits per heavy atom. The summed E-state index contributed by atoms with van der Waals surface area (Å²) >= 11 is 1.66. The van der Waals surface area contributed by atoms with Crippen molar-refractivity contribution in [3.05, 3.63) is 22.4 Å². The number of piperidine rings is 1. The van der Waals surface area contributed by atoms with E-state index in [9.17, 15) is 4.79 Å². The van der Waals surface area contributed by atoms with Gasteiger partial charge in [0.25, 0.3) is 0 Å². The molecule has 1 saturated heterocycles. The Balaban J connectivity index is 1.78. The Kier molecular flexibility index (Phi) is 6.01. The summed E-state index contributed by atoms with van der Waals surface area (Å²) in [6.45, 7) is 3.39. The van der Waals surface area contributed by atoms with Crippen LogP contribution in [-0.4, -0.2) is 54.1 Å². The van der Waals surface area contributed by atoms with Gasteiger partial charge in [-0.05, 0) is 54.1 Å². The molecule has 0 bridgehead atoms. The Morgan fingerprint density at radius 3 is 3.15 bits per heavy atom. The highest BCUT2D eigenvalue weighted by Gasteiger charge is 2.22. The summed E-state index contributed by atoms with van der Waals surface area (Å²) in [6.07, 6.45) is 3.16. The van der Waals surface area contributed by atoms with E-state index in [0.29, 0.717) is 19.0 Å². The molecule has 0 radical (unpaired) electrons. The second kappa shape index (κ2) is 7.76. The van der Waals surface area contributed by atoms with Crippen LogP contribution in [0.4, 0.5) is 0 Å². The van der Waals surface area contributed by atoms with Gasteiger partial charge < -0.3 is 10.0 Å². The minimum absolute atomic E-state index is 0.181. The molecule has 1 aliphatic rings. The van der Waals surface area contributed by atoms with Crippen LogP contribution in [0.3, 0.4) is 0 Å². The third-order valence-corrected chi connectivity index (χ3v) is 4.66. The second-order valence-electron chi connectivity index (χ2n) is 5.64. The molecule has 5 heteroatoms. The van der Waals surface area contributed by atoms with Crippen molar-refractivity contribution in [2.45, 2.75) is 25.8 Å². The Morgan fingerprint density at radius 2 is 2.45 bits per heavy atom. The first-order valence-electron chi connectivity index (χ1n) is 7.27. The van der Waals surface area contributed by atoms with Crippen LogP contribution in [-0.2, 0) is 11.3 Å². The molecule has 0 aromatic carbocycles. The average molecular weight is 296 g/mol. The molecule has 4 nitrogen and oxygen atoms in total. The van der Waals surface area contributed by atoms with Crippen LogP contribution in [0.15, 0.2) is 16.8 Å². The molecule has 2 heterocycles. The first-order valence-corrected chi connectivity index (χ1v) is 8.21. The lowest BCUT2D eigenvalue weighted by atomic mass is 9.95. The number of rotatable bonds is 6. The van der Waals surface area contributed by atoms with Crippen molar-refractivity contribution in [2.24, 2.45) is 5.92 Å². The zero-order valence-electron chi connectivity index (χ0n) is 12.1.